The lowest BCUT2D eigenvalue weighted by Gasteiger charge is -2.07. The zero-order valence-electron chi connectivity index (χ0n) is 10.5. The molecule has 1 N–H and O–H groups in total. The number of sulfonamides is 1. The molecule has 0 fully saturated rings. The average Bonchev–Trinajstić information content (AvgIpc) is 2.75. The maximum atomic E-state index is 12.1. The number of aromatic nitrogens is 2. The van der Waals surface area contributed by atoms with Crippen molar-refractivity contribution in [3.8, 4) is 5.88 Å². The van der Waals surface area contributed by atoms with E-state index < -0.39 is 10.0 Å². The minimum Gasteiger partial charge on any atom is -0.478 e. The molecule has 0 saturated carbocycles. The lowest BCUT2D eigenvalue weighted by atomic mass is 10.4. The molecular formula is C11H13N3O3S2. The number of anilines is 1. The smallest absolute Gasteiger partial charge is 0.263 e. The van der Waals surface area contributed by atoms with Crippen molar-refractivity contribution < 1.29 is 13.2 Å². The van der Waals surface area contributed by atoms with Gasteiger partial charge in [-0.1, -0.05) is 0 Å². The second-order valence-electron chi connectivity index (χ2n) is 3.68. The molecule has 0 spiro atoms. The second-order valence-corrected chi connectivity index (χ2v) is 6.00. The Morgan fingerprint density at radius 3 is 2.74 bits per heavy atom. The van der Waals surface area contributed by atoms with Crippen LogP contribution in [0.25, 0.3) is 0 Å². The fourth-order valence-corrected chi connectivity index (χ4v) is 3.12. The van der Waals surface area contributed by atoms with Gasteiger partial charge < -0.3 is 4.74 Å². The van der Waals surface area contributed by atoms with Gasteiger partial charge in [-0.15, -0.1) is 0 Å². The molecule has 0 amide bonds. The van der Waals surface area contributed by atoms with Crippen LogP contribution in [0.2, 0.25) is 0 Å². The van der Waals surface area contributed by atoms with E-state index in [0.29, 0.717) is 23.9 Å². The van der Waals surface area contributed by atoms with E-state index in [1.165, 1.54) is 29.9 Å². The molecule has 0 aliphatic carbocycles. The van der Waals surface area contributed by atoms with E-state index in [0.717, 1.165) is 0 Å². The fraction of sp³-hybridized carbons (Fsp3) is 0.273. The van der Waals surface area contributed by atoms with E-state index in [9.17, 15) is 8.42 Å². The molecule has 6 nitrogen and oxygen atoms in total. The van der Waals surface area contributed by atoms with Crippen LogP contribution in [0, 0.1) is 6.92 Å². The predicted molar refractivity (Wildman–Crippen MR) is 73.1 cm³/mol. The van der Waals surface area contributed by atoms with Crippen LogP contribution in [0.15, 0.2) is 28.6 Å². The van der Waals surface area contributed by atoms with Crippen LogP contribution >= 0.6 is 11.5 Å². The molecule has 2 rings (SSSR count). The molecule has 2 aromatic rings. The molecule has 0 aliphatic rings. The molecule has 102 valence electrons. The molecule has 0 aliphatic heterocycles. The summed E-state index contributed by atoms with van der Waals surface area (Å²) in [5.74, 6) is 0.398. The van der Waals surface area contributed by atoms with Crippen LogP contribution in [-0.4, -0.2) is 24.4 Å². The minimum atomic E-state index is -3.64. The number of aryl methyl sites for hydroxylation is 1. The standard InChI is InChI=1S/C11H13N3O3S2/c1-3-17-11-5-4-9(6-12-11)19(15,16)14-10-7-18-13-8(10)2/h4-7,14H,3H2,1-2H3. The van der Waals surface area contributed by atoms with Gasteiger partial charge in [0.15, 0.2) is 0 Å². The number of hydrogen-bond donors (Lipinski definition) is 1. The zero-order chi connectivity index (χ0) is 13.9. The number of pyridine rings is 1. The topological polar surface area (TPSA) is 81.2 Å². The molecule has 2 aromatic heterocycles. The molecule has 0 atom stereocenters. The van der Waals surface area contributed by atoms with Crippen molar-refractivity contribution in [1.29, 1.82) is 0 Å². The van der Waals surface area contributed by atoms with Crippen molar-refractivity contribution in [2.75, 3.05) is 11.3 Å². The molecule has 2 heterocycles. The molecule has 0 unspecified atom stereocenters. The number of nitrogens with one attached hydrogen (secondary N) is 1. The van der Waals surface area contributed by atoms with Crippen LogP contribution in [0.4, 0.5) is 5.69 Å². The molecule has 8 heteroatoms. The molecule has 19 heavy (non-hydrogen) atoms. The highest BCUT2D eigenvalue weighted by Gasteiger charge is 2.16. The average molecular weight is 299 g/mol. The Morgan fingerprint density at radius 2 is 2.21 bits per heavy atom. The lowest BCUT2D eigenvalue weighted by molar-refractivity contribution is 0.326. The molecule has 0 aromatic carbocycles. The van der Waals surface area contributed by atoms with E-state index in [-0.39, 0.29) is 4.90 Å². The third-order valence-corrected chi connectivity index (χ3v) is 4.38. The third-order valence-electron chi connectivity index (χ3n) is 2.31. The largest absolute Gasteiger partial charge is 0.478 e. The van der Waals surface area contributed by atoms with Crippen molar-refractivity contribution in [3.05, 3.63) is 29.4 Å². The molecule has 0 bridgehead atoms. The van der Waals surface area contributed by atoms with Crippen molar-refractivity contribution in [2.45, 2.75) is 18.7 Å². The van der Waals surface area contributed by atoms with Gasteiger partial charge in [0.2, 0.25) is 5.88 Å². The van der Waals surface area contributed by atoms with Gasteiger partial charge in [-0.3, -0.25) is 4.72 Å². The van der Waals surface area contributed by atoms with Crippen molar-refractivity contribution in [1.82, 2.24) is 9.36 Å². The van der Waals surface area contributed by atoms with Gasteiger partial charge in [0.1, 0.15) is 4.90 Å². The number of ether oxygens (including phenoxy) is 1. The van der Waals surface area contributed by atoms with Gasteiger partial charge in [0, 0.05) is 11.4 Å². The first kappa shape index (κ1) is 13.8. The maximum Gasteiger partial charge on any atom is 0.263 e. The Hall–Kier alpha value is -1.67. The number of hydrogen-bond acceptors (Lipinski definition) is 6. The van der Waals surface area contributed by atoms with Crippen molar-refractivity contribution >= 4 is 27.2 Å². The first-order chi connectivity index (χ1) is 9.03. The van der Waals surface area contributed by atoms with Gasteiger partial charge in [-0.05, 0) is 31.4 Å². The summed E-state index contributed by atoms with van der Waals surface area (Å²) in [6.07, 6.45) is 1.27. The summed E-state index contributed by atoms with van der Waals surface area (Å²) in [5.41, 5.74) is 1.13. The van der Waals surface area contributed by atoms with Gasteiger partial charge >= 0.3 is 0 Å². The fourth-order valence-electron chi connectivity index (χ4n) is 1.35. The van der Waals surface area contributed by atoms with Gasteiger partial charge in [0.25, 0.3) is 10.0 Å². The summed E-state index contributed by atoms with van der Waals surface area (Å²) in [7, 11) is -3.64. The van der Waals surface area contributed by atoms with Gasteiger partial charge in [-0.25, -0.2) is 13.4 Å². The number of rotatable bonds is 5. The van der Waals surface area contributed by atoms with Crippen molar-refractivity contribution in [2.24, 2.45) is 0 Å². The third kappa shape index (κ3) is 3.21. The summed E-state index contributed by atoms with van der Waals surface area (Å²) in [6, 6.07) is 2.98. The highest BCUT2D eigenvalue weighted by molar-refractivity contribution is 7.92. The quantitative estimate of drug-likeness (QED) is 0.913. The minimum absolute atomic E-state index is 0.0848. The zero-order valence-corrected chi connectivity index (χ0v) is 12.1. The molecule has 0 radical (unpaired) electrons. The number of nitrogens with zero attached hydrogens (tertiary/aromatic N) is 2. The van der Waals surface area contributed by atoms with E-state index in [1.807, 2.05) is 6.92 Å². The normalized spacial score (nSPS) is 11.3. The first-order valence-electron chi connectivity index (χ1n) is 5.55. The molecule has 0 saturated heterocycles. The van der Waals surface area contributed by atoms with Crippen LogP contribution in [0.3, 0.4) is 0 Å². The second kappa shape index (κ2) is 5.54. The van der Waals surface area contributed by atoms with Crippen LogP contribution in [0.1, 0.15) is 12.6 Å². The summed E-state index contributed by atoms with van der Waals surface area (Å²) >= 11 is 1.20. The highest BCUT2D eigenvalue weighted by atomic mass is 32.2. The highest BCUT2D eigenvalue weighted by Crippen LogP contribution is 2.21. The van der Waals surface area contributed by atoms with Crippen molar-refractivity contribution in [3.63, 3.8) is 0 Å². The Bertz CT molecular complexity index is 650. The Kier molecular flexibility index (Phi) is 4.01. The monoisotopic (exact) mass is 299 g/mol. The van der Waals surface area contributed by atoms with Gasteiger partial charge in [0.05, 0.1) is 24.2 Å². The van der Waals surface area contributed by atoms with Crippen LogP contribution in [0.5, 0.6) is 5.88 Å². The molecular weight excluding hydrogens is 286 g/mol. The summed E-state index contributed by atoms with van der Waals surface area (Å²) < 4.78 is 35.9. The van der Waals surface area contributed by atoms with Gasteiger partial charge in [-0.2, -0.15) is 4.37 Å². The summed E-state index contributed by atoms with van der Waals surface area (Å²) in [4.78, 5) is 4.02. The summed E-state index contributed by atoms with van der Waals surface area (Å²) in [6.45, 7) is 4.06. The maximum absolute atomic E-state index is 12.1. The Balaban J connectivity index is 2.22. The van der Waals surface area contributed by atoms with Crippen LogP contribution in [-0.2, 0) is 10.0 Å². The lowest BCUT2D eigenvalue weighted by Crippen LogP contribution is -2.13. The SMILES string of the molecule is CCOc1ccc(S(=O)(=O)Nc2csnc2C)cn1. The Labute approximate surface area is 115 Å². The van der Waals surface area contributed by atoms with Crippen LogP contribution < -0.4 is 9.46 Å². The van der Waals surface area contributed by atoms with E-state index in [2.05, 4.69) is 14.1 Å². The summed E-state index contributed by atoms with van der Waals surface area (Å²) in [5, 5.41) is 1.65. The van der Waals surface area contributed by atoms with E-state index in [4.69, 9.17) is 4.74 Å². The predicted octanol–water partition coefficient (Wildman–Crippen LogP) is 2.05. The van der Waals surface area contributed by atoms with E-state index in [1.54, 1.807) is 12.3 Å². The van der Waals surface area contributed by atoms with E-state index >= 15 is 0 Å². The Morgan fingerprint density at radius 1 is 1.42 bits per heavy atom. The first-order valence-corrected chi connectivity index (χ1v) is 7.87.